The van der Waals surface area contributed by atoms with E-state index in [9.17, 15) is 4.79 Å². The largest absolute Gasteiger partial charge is 0.494 e. The minimum atomic E-state index is -0.944. The van der Waals surface area contributed by atoms with Crippen molar-refractivity contribution in [2.24, 2.45) is 0 Å². The number of carboxylic acid groups (broad SMARTS) is 1. The lowest BCUT2D eigenvalue weighted by Gasteiger charge is -1.98. The van der Waals surface area contributed by atoms with Crippen LogP contribution in [-0.2, 0) is 11.2 Å². The molecule has 0 aromatic carbocycles. The third-order valence-corrected chi connectivity index (χ3v) is 1.23. The van der Waals surface area contributed by atoms with Gasteiger partial charge >= 0.3 is 5.97 Å². The third kappa shape index (κ3) is 2.19. The van der Waals surface area contributed by atoms with Crippen molar-refractivity contribution in [3.8, 4) is 5.75 Å². The Morgan fingerprint density at radius 2 is 2.17 bits per heavy atom. The highest BCUT2D eigenvalue weighted by Crippen LogP contribution is 2.04. The number of carbonyl (C=O) groups is 1. The molecular formula is C7H8N2O3. The van der Waals surface area contributed by atoms with Crippen LogP contribution in [0.15, 0.2) is 12.4 Å². The number of rotatable bonds is 3. The van der Waals surface area contributed by atoms with Gasteiger partial charge in [-0.3, -0.25) is 4.79 Å². The second-order valence-electron chi connectivity index (χ2n) is 2.11. The van der Waals surface area contributed by atoms with Crippen LogP contribution in [0, 0.1) is 0 Å². The molecule has 0 amide bonds. The van der Waals surface area contributed by atoms with Crippen LogP contribution in [0.3, 0.4) is 0 Å². The predicted octanol–water partition coefficient (Wildman–Crippen LogP) is 0.112. The smallest absolute Gasteiger partial charge is 0.311 e. The number of methoxy groups -OCH3 is 1. The van der Waals surface area contributed by atoms with Crippen LogP contribution in [0.4, 0.5) is 0 Å². The summed E-state index contributed by atoms with van der Waals surface area (Å²) in [7, 11) is 1.50. The maximum atomic E-state index is 10.2. The van der Waals surface area contributed by atoms with Crippen LogP contribution in [0.25, 0.3) is 0 Å². The summed E-state index contributed by atoms with van der Waals surface area (Å²) in [4.78, 5) is 17.8. The predicted molar refractivity (Wildman–Crippen MR) is 39.9 cm³/mol. The van der Waals surface area contributed by atoms with E-state index in [0.717, 1.165) is 0 Å². The minimum absolute atomic E-state index is 0.163. The van der Waals surface area contributed by atoms with Crippen LogP contribution >= 0.6 is 0 Å². The van der Waals surface area contributed by atoms with E-state index < -0.39 is 5.97 Å². The van der Waals surface area contributed by atoms with Gasteiger partial charge in [0.05, 0.1) is 19.5 Å². The van der Waals surface area contributed by atoms with Crippen LogP contribution in [0.5, 0.6) is 5.75 Å². The first-order valence-corrected chi connectivity index (χ1v) is 3.29. The van der Waals surface area contributed by atoms with Gasteiger partial charge in [-0.1, -0.05) is 0 Å². The lowest BCUT2D eigenvalue weighted by atomic mass is 10.4. The molecule has 0 aliphatic heterocycles. The van der Waals surface area contributed by atoms with Gasteiger partial charge in [-0.25, -0.2) is 9.97 Å². The van der Waals surface area contributed by atoms with E-state index in [-0.39, 0.29) is 12.2 Å². The normalized spacial score (nSPS) is 9.42. The molecule has 0 atom stereocenters. The lowest BCUT2D eigenvalue weighted by molar-refractivity contribution is -0.136. The highest BCUT2D eigenvalue weighted by molar-refractivity contribution is 5.68. The first-order valence-electron chi connectivity index (χ1n) is 3.29. The number of carboxylic acids is 1. The molecule has 1 N–H and O–H groups in total. The van der Waals surface area contributed by atoms with Gasteiger partial charge in [-0.2, -0.15) is 0 Å². The fourth-order valence-corrected chi connectivity index (χ4v) is 0.675. The summed E-state index contributed by atoms with van der Waals surface area (Å²) in [5.74, 6) is -0.146. The maximum absolute atomic E-state index is 10.2. The van der Waals surface area contributed by atoms with Crippen molar-refractivity contribution in [3.63, 3.8) is 0 Å². The Kier molecular flexibility index (Phi) is 2.57. The summed E-state index contributed by atoms with van der Waals surface area (Å²) in [5.41, 5.74) is 0. The number of ether oxygens (including phenoxy) is 1. The number of nitrogens with zero attached hydrogens (tertiary/aromatic N) is 2. The van der Waals surface area contributed by atoms with Gasteiger partial charge in [0.15, 0.2) is 5.75 Å². The van der Waals surface area contributed by atoms with E-state index >= 15 is 0 Å². The third-order valence-electron chi connectivity index (χ3n) is 1.23. The van der Waals surface area contributed by atoms with E-state index in [1.165, 1.54) is 19.5 Å². The molecule has 0 radical (unpaired) electrons. The monoisotopic (exact) mass is 168 g/mol. The maximum Gasteiger partial charge on any atom is 0.311 e. The highest BCUT2D eigenvalue weighted by Gasteiger charge is 2.02. The lowest BCUT2D eigenvalue weighted by Crippen LogP contribution is -2.04. The standard InChI is InChI=1S/C7H8N2O3/c1-12-5-3-8-6(9-4-5)2-7(10)11/h3-4H,2H2,1H3,(H,10,11). The van der Waals surface area contributed by atoms with Gasteiger partial charge in [0.2, 0.25) is 0 Å². The zero-order valence-corrected chi connectivity index (χ0v) is 6.52. The van der Waals surface area contributed by atoms with Crippen molar-refractivity contribution >= 4 is 5.97 Å². The summed E-state index contributed by atoms with van der Waals surface area (Å²) in [6.45, 7) is 0. The first-order chi connectivity index (χ1) is 5.72. The topological polar surface area (TPSA) is 72.3 Å². The Bertz CT molecular complexity index is 270. The molecule has 0 aliphatic carbocycles. The quantitative estimate of drug-likeness (QED) is 0.693. The molecule has 5 heteroatoms. The molecule has 64 valence electrons. The van der Waals surface area contributed by atoms with Crippen LogP contribution in [0.1, 0.15) is 5.82 Å². The molecule has 0 saturated carbocycles. The van der Waals surface area contributed by atoms with E-state index in [1.54, 1.807) is 0 Å². The SMILES string of the molecule is COc1cnc(CC(=O)O)nc1. The van der Waals surface area contributed by atoms with Crippen molar-refractivity contribution in [1.29, 1.82) is 0 Å². The van der Waals surface area contributed by atoms with Gasteiger partial charge in [-0.15, -0.1) is 0 Å². The second-order valence-corrected chi connectivity index (χ2v) is 2.11. The fourth-order valence-electron chi connectivity index (χ4n) is 0.675. The number of hydrogen-bond donors (Lipinski definition) is 1. The molecule has 0 fully saturated rings. The number of hydrogen-bond acceptors (Lipinski definition) is 4. The molecule has 1 rings (SSSR count). The van der Waals surface area contributed by atoms with E-state index in [2.05, 4.69) is 9.97 Å². The van der Waals surface area contributed by atoms with Gasteiger partial charge in [0.25, 0.3) is 0 Å². The molecule has 5 nitrogen and oxygen atoms in total. The van der Waals surface area contributed by atoms with Crippen molar-refractivity contribution in [2.45, 2.75) is 6.42 Å². The molecule has 0 bridgehead atoms. The summed E-state index contributed by atoms with van der Waals surface area (Å²) in [6.07, 6.45) is 2.71. The molecule has 0 aliphatic rings. The molecule has 1 aromatic rings. The van der Waals surface area contributed by atoms with Gasteiger partial charge in [0.1, 0.15) is 12.2 Å². The molecule has 0 unspecified atom stereocenters. The zero-order valence-electron chi connectivity index (χ0n) is 6.52. The van der Waals surface area contributed by atoms with Gasteiger partial charge < -0.3 is 9.84 Å². The van der Waals surface area contributed by atoms with E-state index in [1.807, 2.05) is 0 Å². The molecule has 0 spiro atoms. The summed E-state index contributed by atoms with van der Waals surface area (Å²) in [5, 5.41) is 8.38. The van der Waals surface area contributed by atoms with E-state index in [0.29, 0.717) is 5.75 Å². The van der Waals surface area contributed by atoms with Crippen molar-refractivity contribution in [3.05, 3.63) is 18.2 Å². The zero-order chi connectivity index (χ0) is 8.97. The summed E-state index contributed by atoms with van der Waals surface area (Å²) < 4.78 is 4.80. The van der Waals surface area contributed by atoms with Gasteiger partial charge in [-0.05, 0) is 0 Å². The average Bonchev–Trinajstić information content (AvgIpc) is 2.05. The highest BCUT2D eigenvalue weighted by atomic mass is 16.5. The van der Waals surface area contributed by atoms with Crippen LogP contribution in [0.2, 0.25) is 0 Å². The Morgan fingerprint density at radius 3 is 2.58 bits per heavy atom. The Morgan fingerprint density at radius 1 is 1.58 bits per heavy atom. The molecule has 0 saturated heterocycles. The molecular weight excluding hydrogens is 160 g/mol. The molecule has 1 aromatic heterocycles. The average molecular weight is 168 g/mol. The molecule has 1 heterocycles. The van der Waals surface area contributed by atoms with Crippen LogP contribution in [-0.4, -0.2) is 28.2 Å². The van der Waals surface area contributed by atoms with E-state index in [4.69, 9.17) is 9.84 Å². The fraction of sp³-hybridized carbons (Fsp3) is 0.286. The number of aromatic nitrogens is 2. The minimum Gasteiger partial charge on any atom is -0.494 e. The summed E-state index contributed by atoms with van der Waals surface area (Å²) >= 11 is 0. The molecule has 12 heavy (non-hydrogen) atoms. The van der Waals surface area contributed by atoms with Crippen molar-refractivity contribution in [1.82, 2.24) is 9.97 Å². The van der Waals surface area contributed by atoms with Crippen molar-refractivity contribution in [2.75, 3.05) is 7.11 Å². The second kappa shape index (κ2) is 3.66. The first kappa shape index (κ1) is 8.45. The Hall–Kier alpha value is -1.65. The summed E-state index contributed by atoms with van der Waals surface area (Å²) in [6, 6.07) is 0. The van der Waals surface area contributed by atoms with Crippen LogP contribution < -0.4 is 4.74 Å². The van der Waals surface area contributed by atoms with Crippen molar-refractivity contribution < 1.29 is 14.6 Å². The Labute approximate surface area is 69.0 Å². The Balaban J connectivity index is 2.71. The van der Waals surface area contributed by atoms with Gasteiger partial charge in [0, 0.05) is 0 Å². The number of aliphatic carboxylic acids is 1.